The molecule has 3 aromatic rings. The van der Waals surface area contributed by atoms with E-state index in [1.807, 2.05) is 18.2 Å². The molecule has 1 atom stereocenters. The molecule has 2 N–H and O–H groups in total. The van der Waals surface area contributed by atoms with Gasteiger partial charge in [0.2, 0.25) is 5.91 Å². The summed E-state index contributed by atoms with van der Waals surface area (Å²) in [4.78, 5) is 12.1. The second-order valence-electron chi connectivity index (χ2n) is 6.13. The van der Waals surface area contributed by atoms with Crippen LogP contribution in [-0.2, 0) is 11.2 Å². The van der Waals surface area contributed by atoms with Gasteiger partial charge in [0.05, 0.1) is 5.69 Å². The average Bonchev–Trinajstić information content (AvgIpc) is 3.05. The summed E-state index contributed by atoms with van der Waals surface area (Å²) in [6.07, 6.45) is 1.45. The summed E-state index contributed by atoms with van der Waals surface area (Å²) in [6.45, 7) is 2.14. The number of nitrogens with zero attached hydrogens (tertiary/aromatic N) is 1. The minimum absolute atomic E-state index is 0.0122. The van der Waals surface area contributed by atoms with Crippen LogP contribution in [0.2, 0.25) is 0 Å². The zero-order chi connectivity index (χ0) is 16.5. The van der Waals surface area contributed by atoms with Gasteiger partial charge < -0.3 is 5.32 Å². The maximum atomic E-state index is 12.1. The molecule has 2 heterocycles. The Morgan fingerprint density at radius 3 is 2.54 bits per heavy atom. The van der Waals surface area contributed by atoms with Crippen LogP contribution in [0.3, 0.4) is 0 Å². The Morgan fingerprint density at radius 2 is 1.83 bits per heavy atom. The molecule has 120 valence electrons. The average molecular weight is 317 g/mol. The lowest BCUT2D eigenvalue weighted by molar-refractivity contribution is -0.116. The SMILES string of the molecule is CCc1ccc(C2CC(=O)Nc3n[nH]c(-c4ccccc4)c32)cc1. The number of anilines is 1. The molecule has 0 saturated heterocycles. The minimum Gasteiger partial charge on any atom is -0.309 e. The van der Waals surface area contributed by atoms with E-state index in [9.17, 15) is 4.79 Å². The van der Waals surface area contributed by atoms with E-state index in [1.54, 1.807) is 0 Å². The summed E-state index contributed by atoms with van der Waals surface area (Å²) < 4.78 is 0. The van der Waals surface area contributed by atoms with E-state index in [-0.39, 0.29) is 11.8 Å². The fourth-order valence-corrected chi connectivity index (χ4v) is 3.35. The number of carbonyl (C=O) groups excluding carboxylic acids is 1. The molecule has 0 saturated carbocycles. The standard InChI is InChI=1S/C20H19N3O/c1-2-13-8-10-14(11-9-13)16-12-17(24)21-20-18(16)19(22-23-20)15-6-4-3-5-7-15/h3-11,16H,2,12H2,1H3,(H2,21,22,23,24). The lowest BCUT2D eigenvalue weighted by Gasteiger charge is -2.23. The maximum absolute atomic E-state index is 12.1. The Kier molecular flexibility index (Phi) is 3.65. The number of H-pyrrole nitrogens is 1. The van der Waals surface area contributed by atoms with Crippen LogP contribution in [-0.4, -0.2) is 16.1 Å². The topological polar surface area (TPSA) is 57.8 Å². The Morgan fingerprint density at radius 1 is 1.08 bits per heavy atom. The first-order valence-electron chi connectivity index (χ1n) is 8.28. The molecule has 0 aliphatic carbocycles. The van der Waals surface area contributed by atoms with Gasteiger partial charge in [-0.3, -0.25) is 9.89 Å². The molecule has 1 unspecified atom stereocenters. The summed E-state index contributed by atoms with van der Waals surface area (Å²) in [6, 6.07) is 18.7. The molecular formula is C20H19N3O. The maximum Gasteiger partial charge on any atom is 0.226 e. The second kappa shape index (κ2) is 5.96. The molecule has 1 aliphatic heterocycles. The number of nitrogens with one attached hydrogen (secondary N) is 2. The Labute approximate surface area is 140 Å². The predicted octanol–water partition coefficient (Wildman–Crippen LogP) is 4.11. The highest BCUT2D eigenvalue weighted by Gasteiger charge is 2.31. The highest BCUT2D eigenvalue weighted by atomic mass is 16.1. The molecule has 24 heavy (non-hydrogen) atoms. The first-order chi connectivity index (χ1) is 11.8. The lowest BCUT2D eigenvalue weighted by atomic mass is 9.84. The molecule has 1 aliphatic rings. The van der Waals surface area contributed by atoms with E-state index in [1.165, 1.54) is 5.56 Å². The van der Waals surface area contributed by atoms with Crippen LogP contribution in [0.4, 0.5) is 5.82 Å². The van der Waals surface area contributed by atoms with Crippen LogP contribution >= 0.6 is 0 Å². The number of amides is 1. The summed E-state index contributed by atoms with van der Waals surface area (Å²) in [5.41, 5.74) is 5.59. The van der Waals surface area contributed by atoms with Crippen LogP contribution in [0.1, 0.15) is 36.0 Å². The third kappa shape index (κ3) is 2.50. The largest absolute Gasteiger partial charge is 0.309 e. The van der Waals surface area contributed by atoms with Gasteiger partial charge in [0.1, 0.15) is 0 Å². The van der Waals surface area contributed by atoms with Crippen molar-refractivity contribution >= 4 is 11.7 Å². The summed E-state index contributed by atoms with van der Waals surface area (Å²) in [5, 5.41) is 10.3. The zero-order valence-corrected chi connectivity index (χ0v) is 13.5. The lowest BCUT2D eigenvalue weighted by Crippen LogP contribution is -2.23. The molecule has 4 heteroatoms. The number of aromatic nitrogens is 2. The van der Waals surface area contributed by atoms with E-state index >= 15 is 0 Å². The van der Waals surface area contributed by atoms with Gasteiger partial charge in [0.25, 0.3) is 0 Å². The highest BCUT2D eigenvalue weighted by Crippen LogP contribution is 2.41. The van der Waals surface area contributed by atoms with Crippen LogP contribution in [0.25, 0.3) is 11.3 Å². The Balaban J connectivity index is 1.83. The molecule has 2 aromatic carbocycles. The summed E-state index contributed by atoms with van der Waals surface area (Å²) in [7, 11) is 0. The van der Waals surface area contributed by atoms with E-state index < -0.39 is 0 Å². The Hall–Kier alpha value is -2.88. The molecule has 0 fully saturated rings. The van der Waals surface area contributed by atoms with Gasteiger partial charge in [-0.05, 0) is 23.1 Å². The molecular weight excluding hydrogens is 298 g/mol. The normalized spacial score (nSPS) is 16.5. The first-order valence-corrected chi connectivity index (χ1v) is 8.28. The van der Waals surface area contributed by atoms with Crippen molar-refractivity contribution in [3.8, 4) is 11.3 Å². The smallest absolute Gasteiger partial charge is 0.226 e. The van der Waals surface area contributed by atoms with Gasteiger partial charge in [-0.15, -0.1) is 0 Å². The zero-order valence-electron chi connectivity index (χ0n) is 13.5. The number of fused-ring (bicyclic) bond motifs is 1. The van der Waals surface area contributed by atoms with Crippen molar-refractivity contribution in [1.82, 2.24) is 10.2 Å². The second-order valence-corrected chi connectivity index (χ2v) is 6.13. The third-order valence-electron chi connectivity index (χ3n) is 4.65. The van der Waals surface area contributed by atoms with Crippen LogP contribution in [0.15, 0.2) is 54.6 Å². The van der Waals surface area contributed by atoms with Gasteiger partial charge in [-0.1, -0.05) is 61.5 Å². The van der Waals surface area contributed by atoms with Crippen molar-refractivity contribution < 1.29 is 4.79 Å². The number of rotatable bonds is 3. The summed E-state index contributed by atoms with van der Waals surface area (Å²) >= 11 is 0. The van der Waals surface area contributed by atoms with Gasteiger partial charge in [-0.2, -0.15) is 5.10 Å². The molecule has 0 bridgehead atoms. The predicted molar refractivity (Wildman–Crippen MR) is 94.9 cm³/mol. The summed E-state index contributed by atoms with van der Waals surface area (Å²) in [5.74, 6) is 0.682. The molecule has 1 amide bonds. The van der Waals surface area contributed by atoms with E-state index in [0.717, 1.165) is 28.8 Å². The Bertz CT molecular complexity index is 866. The van der Waals surface area contributed by atoms with E-state index in [2.05, 4.69) is 58.8 Å². The monoisotopic (exact) mass is 317 g/mol. The van der Waals surface area contributed by atoms with Gasteiger partial charge >= 0.3 is 0 Å². The molecule has 4 rings (SSSR count). The van der Waals surface area contributed by atoms with Crippen molar-refractivity contribution in [2.45, 2.75) is 25.7 Å². The fraction of sp³-hybridized carbons (Fsp3) is 0.200. The number of aryl methyl sites for hydroxylation is 1. The van der Waals surface area contributed by atoms with Crippen LogP contribution < -0.4 is 5.32 Å². The van der Waals surface area contributed by atoms with Crippen molar-refractivity contribution in [2.24, 2.45) is 0 Å². The highest BCUT2D eigenvalue weighted by molar-refractivity contribution is 5.96. The fourth-order valence-electron chi connectivity index (χ4n) is 3.35. The number of benzene rings is 2. The quantitative estimate of drug-likeness (QED) is 0.763. The van der Waals surface area contributed by atoms with Gasteiger partial charge in [-0.25, -0.2) is 0 Å². The van der Waals surface area contributed by atoms with Crippen molar-refractivity contribution in [2.75, 3.05) is 5.32 Å². The van der Waals surface area contributed by atoms with E-state index in [0.29, 0.717) is 12.2 Å². The third-order valence-corrected chi connectivity index (χ3v) is 4.65. The van der Waals surface area contributed by atoms with Crippen LogP contribution in [0, 0.1) is 0 Å². The molecule has 4 nitrogen and oxygen atoms in total. The molecule has 1 aromatic heterocycles. The van der Waals surface area contributed by atoms with Crippen LogP contribution in [0.5, 0.6) is 0 Å². The van der Waals surface area contributed by atoms with Gasteiger partial charge in [0, 0.05) is 17.9 Å². The van der Waals surface area contributed by atoms with E-state index in [4.69, 9.17) is 0 Å². The van der Waals surface area contributed by atoms with Crippen molar-refractivity contribution in [3.05, 3.63) is 71.3 Å². The number of hydrogen-bond donors (Lipinski definition) is 2. The minimum atomic E-state index is 0.0122. The first kappa shape index (κ1) is 14.7. The molecule has 0 spiro atoms. The molecule has 0 radical (unpaired) electrons. The number of aromatic amines is 1. The van der Waals surface area contributed by atoms with Crippen molar-refractivity contribution in [3.63, 3.8) is 0 Å². The van der Waals surface area contributed by atoms with Gasteiger partial charge in [0.15, 0.2) is 5.82 Å². The number of hydrogen-bond acceptors (Lipinski definition) is 2. The van der Waals surface area contributed by atoms with Crippen molar-refractivity contribution in [1.29, 1.82) is 0 Å². The number of carbonyl (C=O) groups is 1.